The lowest BCUT2D eigenvalue weighted by atomic mass is 10.1. The molecule has 0 aliphatic carbocycles. The van der Waals surface area contributed by atoms with Gasteiger partial charge in [-0.3, -0.25) is 10.2 Å². The van der Waals surface area contributed by atoms with Gasteiger partial charge in [0.05, 0.1) is 17.9 Å². The molecule has 182 valence electrons. The van der Waals surface area contributed by atoms with E-state index >= 15 is 0 Å². The van der Waals surface area contributed by atoms with Crippen LogP contribution in [-0.4, -0.2) is 59.4 Å². The molecule has 8 nitrogen and oxygen atoms in total. The van der Waals surface area contributed by atoms with Gasteiger partial charge in [-0.1, -0.05) is 6.07 Å². The molecular weight excluding hydrogens is 445 g/mol. The Morgan fingerprint density at radius 2 is 2.00 bits per heavy atom. The maximum atomic E-state index is 13.8. The lowest BCUT2D eigenvalue weighted by molar-refractivity contribution is 0.255. The Kier molecular flexibility index (Phi) is 6.48. The van der Waals surface area contributed by atoms with Gasteiger partial charge in [0.25, 0.3) is 0 Å². The normalized spacial score (nSPS) is 19.9. The van der Waals surface area contributed by atoms with Gasteiger partial charge in [-0.15, -0.1) is 0 Å². The number of aromatic nitrogens is 3. The Labute approximate surface area is 204 Å². The van der Waals surface area contributed by atoms with E-state index in [-0.39, 0.29) is 12.1 Å². The summed E-state index contributed by atoms with van der Waals surface area (Å²) in [5.74, 6) is 1.85. The van der Waals surface area contributed by atoms with Crippen LogP contribution in [-0.2, 0) is 0 Å². The molecule has 2 aliphatic rings. The Balaban J connectivity index is 1.53. The van der Waals surface area contributed by atoms with Crippen LogP contribution in [0.25, 0.3) is 11.3 Å². The van der Waals surface area contributed by atoms with Gasteiger partial charge in [0.15, 0.2) is 5.82 Å². The smallest absolute Gasteiger partial charge is 0.328 e. The molecule has 2 aliphatic heterocycles. The molecule has 9 heteroatoms. The van der Waals surface area contributed by atoms with Crippen LogP contribution in [0.4, 0.5) is 32.3 Å². The van der Waals surface area contributed by atoms with Gasteiger partial charge >= 0.3 is 6.03 Å². The van der Waals surface area contributed by atoms with Crippen molar-refractivity contribution in [1.82, 2.24) is 15.0 Å². The van der Waals surface area contributed by atoms with Gasteiger partial charge in [0.2, 0.25) is 0 Å². The van der Waals surface area contributed by atoms with Crippen LogP contribution < -0.4 is 20.0 Å². The second-order valence-corrected chi connectivity index (χ2v) is 9.01. The zero-order valence-corrected chi connectivity index (χ0v) is 20.1. The fourth-order valence-corrected chi connectivity index (χ4v) is 4.73. The van der Waals surface area contributed by atoms with Crippen molar-refractivity contribution in [2.24, 2.45) is 0 Å². The topological polar surface area (TPSA) is 77.5 Å². The Morgan fingerprint density at radius 3 is 2.74 bits per heavy atom. The van der Waals surface area contributed by atoms with E-state index in [0.717, 1.165) is 42.3 Å². The minimum atomic E-state index is -0.821. The monoisotopic (exact) mass is 475 g/mol. The molecular formula is C26H30FN7O. The standard InChI is InChI=1S/C26H30FN7O/c1-3-32-14-10-18(2)34(26(35)31-23-6-4-5-12-28-23)25-22(32)8-7-21(30-25)19-9-13-29-24(16-19)33-15-11-20(27)17-33/h4-9,12-13,16,18,20H,3,10-11,14-15,17H2,1-2H3,(H,28,31,35)/t18-,20-/m1/s1. The first-order valence-electron chi connectivity index (χ1n) is 12.2. The summed E-state index contributed by atoms with van der Waals surface area (Å²) in [6.45, 7) is 6.81. The van der Waals surface area contributed by atoms with Crippen LogP contribution in [0.1, 0.15) is 26.7 Å². The lowest BCUT2D eigenvalue weighted by Gasteiger charge is -2.28. The van der Waals surface area contributed by atoms with Crippen molar-refractivity contribution in [3.63, 3.8) is 0 Å². The third-order valence-corrected chi connectivity index (χ3v) is 6.68. The minimum Gasteiger partial charge on any atom is -0.369 e. The average Bonchev–Trinajstić information content (AvgIpc) is 3.26. The number of halogens is 1. The summed E-state index contributed by atoms with van der Waals surface area (Å²) >= 11 is 0. The van der Waals surface area contributed by atoms with Gasteiger partial charge in [-0.05, 0) is 63.1 Å². The van der Waals surface area contributed by atoms with E-state index in [9.17, 15) is 9.18 Å². The number of alkyl halides is 1. The van der Waals surface area contributed by atoms with Gasteiger partial charge < -0.3 is 9.80 Å². The van der Waals surface area contributed by atoms with Crippen molar-refractivity contribution < 1.29 is 9.18 Å². The van der Waals surface area contributed by atoms with Crippen molar-refractivity contribution in [1.29, 1.82) is 0 Å². The summed E-state index contributed by atoms with van der Waals surface area (Å²) in [6.07, 6.45) is 3.90. The molecule has 0 unspecified atom stereocenters. The van der Waals surface area contributed by atoms with Gasteiger partial charge in [-0.25, -0.2) is 24.1 Å². The molecule has 5 heterocycles. The number of nitrogens with one attached hydrogen (secondary N) is 1. The predicted molar refractivity (Wildman–Crippen MR) is 137 cm³/mol. The number of pyridine rings is 3. The number of anilines is 4. The van der Waals surface area contributed by atoms with E-state index in [4.69, 9.17) is 4.98 Å². The molecule has 3 aromatic rings. The van der Waals surface area contributed by atoms with Crippen molar-refractivity contribution in [3.8, 4) is 11.3 Å². The average molecular weight is 476 g/mol. The summed E-state index contributed by atoms with van der Waals surface area (Å²) in [6, 6.07) is 13.0. The van der Waals surface area contributed by atoms with Crippen LogP contribution in [0.5, 0.6) is 0 Å². The van der Waals surface area contributed by atoms with Gasteiger partial charge in [0, 0.05) is 43.6 Å². The maximum absolute atomic E-state index is 13.8. The zero-order valence-electron chi connectivity index (χ0n) is 20.1. The van der Waals surface area contributed by atoms with Crippen LogP contribution in [0.2, 0.25) is 0 Å². The van der Waals surface area contributed by atoms with Gasteiger partial charge in [0.1, 0.15) is 17.8 Å². The van der Waals surface area contributed by atoms with Crippen LogP contribution in [0.15, 0.2) is 54.9 Å². The summed E-state index contributed by atoms with van der Waals surface area (Å²) < 4.78 is 13.8. The molecule has 1 N–H and O–H groups in total. The molecule has 3 aromatic heterocycles. The number of hydrogen-bond donors (Lipinski definition) is 1. The second kappa shape index (κ2) is 9.85. The summed E-state index contributed by atoms with van der Waals surface area (Å²) in [5.41, 5.74) is 2.54. The first-order chi connectivity index (χ1) is 17.0. The molecule has 0 bridgehead atoms. The van der Waals surface area contributed by atoms with Crippen molar-refractivity contribution in [2.45, 2.75) is 38.9 Å². The third-order valence-electron chi connectivity index (χ3n) is 6.68. The van der Waals surface area contributed by atoms with E-state index in [2.05, 4.69) is 27.1 Å². The number of carbonyl (C=O) groups is 1. The molecule has 35 heavy (non-hydrogen) atoms. The van der Waals surface area contributed by atoms with Crippen LogP contribution >= 0.6 is 0 Å². The molecule has 0 radical (unpaired) electrons. The summed E-state index contributed by atoms with van der Waals surface area (Å²) in [5, 5.41) is 2.92. The number of hydrogen-bond acceptors (Lipinski definition) is 6. The third kappa shape index (κ3) is 4.76. The van der Waals surface area contributed by atoms with E-state index < -0.39 is 6.17 Å². The Morgan fingerprint density at radius 1 is 1.11 bits per heavy atom. The minimum absolute atomic E-state index is 0.0594. The summed E-state index contributed by atoms with van der Waals surface area (Å²) in [4.78, 5) is 33.1. The van der Waals surface area contributed by atoms with E-state index in [1.54, 1.807) is 23.4 Å². The number of rotatable bonds is 4. The second-order valence-electron chi connectivity index (χ2n) is 9.01. The highest BCUT2D eigenvalue weighted by atomic mass is 19.1. The SMILES string of the molecule is CCN1CC[C@@H](C)N(C(=O)Nc2ccccn2)c2nc(-c3ccnc(N4CC[C@@H](F)C4)c3)ccc21. The number of amides is 2. The van der Waals surface area contributed by atoms with Gasteiger partial charge in [-0.2, -0.15) is 0 Å². The highest BCUT2D eigenvalue weighted by Crippen LogP contribution is 2.36. The molecule has 1 saturated heterocycles. The van der Waals surface area contributed by atoms with Crippen LogP contribution in [0, 0.1) is 0 Å². The number of carbonyl (C=O) groups excluding carboxylic acids is 1. The van der Waals surface area contributed by atoms with E-state index in [1.807, 2.05) is 48.2 Å². The van der Waals surface area contributed by atoms with Crippen molar-refractivity contribution in [2.75, 3.05) is 46.2 Å². The molecule has 1 fully saturated rings. The number of fused-ring (bicyclic) bond motifs is 1. The van der Waals surface area contributed by atoms with E-state index in [1.165, 1.54) is 0 Å². The Bertz CT molecular complexity index is 1190. The van der Waals surface area contributed by atoms with Crippen molar-refractivity contribution in [3.05, 3.63) is 54.9 Å². The highest BCUT2D eigenvalue weighted by molar-refractivity contribution is 6.03. The van der Waals surface area contributed by atoms with Crippen molar-refractivity contribution >= 4 is 29.2 Å². The van der Waals surface area contributed by atoms with Crippen LogP contribution in [0.3, 0.4) is 0 Å². The molecule has 2 amide bonds. The summed E-state index contributed by atoms with van der Waals surface area (Å²) in [7, 11) is 0. The molecule has 2 atom stereocenters. The first kappa shape index (κ1) is 23.0. The zero-order chi connectivity index (χ0) is 24.4. The molecule has 0 aromatic carbocycles. The first-order valence-corrected chi connectivity index (χ1v) is 12.2. The molecule has 5 rings (SSSR count). The largest absolute Gasteiger partial charge is 0.369 e. The fourth-order valence-electron chi connectivity index (χ4n) is 4.73. The lowest BCUT2D eigenvalue weighted by Crippen LogP contribution is -2.42. The predicted octanol–water partition coefficient (Wildman–Crippen LogP) is 4.74. The van der Waals surface area contributed by atoms with E-state index in [0.29, 0.717) is 31.1 Å². The molecule has 0 spiro atoms. The highest BCUT2D eigenvalue weighted by Gasteiger charge is 2.31. The fraction of sp³-hybridized carbons (Fsp3) is 0.385. The Hall–Kier alpha value is -3.75. The number of nitrogens with zero attached hydrogens (tertiary/aromatic N) is 6. The quantitative estimate of drug-likeness (QED) is 0.587. The number of urea groups is 1. The maximum Gasteiger partial charge on any atom is 0.328 e. The molecule has 0 saturated carbocycles.